The van der Waals surface area contributed by atoms with Gasteiger partial charge in [-0.3, -0.25) is 4.79 Å². The largest absolute Gasteiger partial charge is 0.441 e. The van der Waals surface area contributed by atoms with Crippen molar-refractivity contribution >= 4 is 47.5 Å². The molecule has 1 atom stereocenters. The number of carbonyl (C=O) groups is 1. The number of hydrogen-bond acceptors (Lipinski definition) is 4. The van der Waals surface area contributed by atoms with Crippen molar-refractivity contribution < 1.29 is 9.21 Å². The Morgan fingerprint density at radius 1 is 1.45 bits per heavy atom. The molecule has 0 radical (unpaired) electrons. The number of fused-ring (bicyclic) bond motifs is 1. The van der Waals surface area contributed by atoms with Crippen molar-refractivity contribution in [2.75, 3.05) is 18.4 Å². The lowest BCUT2D eigenvalue weighted by molar-refractivity contribution is -0.116. The third-order valence-electron chi connectivity index (χ3n) is 3.72. The minimum atomic E-state index is 0. The minimum absolute atomic E-state index is 0. The van der Waals surface area contributed by atoms with E-state index in [9.17, 15) is 4.79 Å². The SMILES string of the molecule is Cc1nc2ccc(NC(=O)CCC3CCNC3)cc2o1.Cl.Cl. The Bertz CT molecular complexity index is 624. The molecule has 0 bridgehead atoms. The monoisotopic (exact) mass is 345 g/mol. The van der Waals surface area contributed by atoms with Crippen LogP contribution in [0.25, 0.3) is 11.1 Å². The van der Waals surface area contributed by atoms with E-state index < -0.39 is 0 Å². The van der Waals surface area contributed by atoms with E-state index in [0.717, 1.165) is 30.7 Å². The second-order valence-corrected chi connectivity index (χ2v) is 5.36. The fourth-order valence-electron chi connectivity index (χ4n) is 2.64. The lowest BCUT2D eigenvalue weighted by Crippen LogP contribution is -2.14. The smallest absolute Gasteiger partial charge is 0.224 e. The van der Waals surface area contributed by atoms with E-state index in [1.807, 2.05) is 25.1 Å². The first-order chi connectivity index (χ1) is 9.70. The molecule has 3 rings (SSSR count). The van der Waals surface area contributed by atoms with Gasteiger partial charge in [-0.15, -0.1) is 24.8 Å². The number of hydrogen-bond donors (Lipinski definition) is 2. The molecule has 1 aromatic heterocycles. The molecule has 0 aliphatic carbocycles. The Kier molecular flexibility index (Phi) is 7.13. The zero-order valence-electron chi connectivity index (χ0n) is 12.4. The van der Waals surface area contributed by atoms with Crippen molar-refractivity contribution in [2.45, 2.75) is 26.2 Å². The fraction of sp³-hybridized carbons (Fsp3) is 0.467. The average Bonchev–Trinajstić information content (AvgIpc) is 3.04. The minimum Gasteiger partial charge on any atom is -0.441 e. The van der Waals surface area contributed by atoms with Crippen molar-refractivity contribution in [1.29, 1.82) is 0 Å². The summed E-state index contributed by atoms with van der Waals surface area (Å²) in [6.07, 6.45) is 2.69. The van der Waals surface area contributed by atoms with E-state index in [1.165, 1.54) is 6.42 Å². The van der Waals surface area contributed by atoms with Crippen LogP contribution in [-0.4, -0.2) is 24.0 Å². The lowest BCUT2D eigenvalue weighted by atomic mass is 10.0. The Balaban J connectivity index is 0.00000121. The summed E-state index contributed by atoms with van der Waals surface area (Å²) in [5.41, 5.74) is 2.29. The van der Waals surface area contributed by atoms with Crippen LogP contribution in [0.15, 0.2) is 22.6 Å². The molecule has 1 unspecified atom stereocenters. The zero-order valence-corrected chi connectivity index (χ0v) is 14.1. The number of anilines is 1. The Morgan fingerprint density at radius 3 is 3.00 bits per heavy atom. The molecule has 0 saturated carbocycles. The van der Waals surface area contributed by atoms with Gasteiger partial charge in [-0.2, -0.15) is 0 Å². The predicted octanol–water partition coefficient (Wildman–Crippen LogP) is 3.31. The van der Waals surface area contributed by atoms with Crippen LogP contribution in [-0.2, 0) is 4.79 Å². The van der Waals surface area contributed by atoms with Gasteiger partial charge < -0.3 is 15.1 Å². The van der Waals surface area contributed by atoms with Gasteiger partial charge >= 0.3 is 0 Å². The first-order valence-corrected chi connectivity index (χ1v) is 7.08. The van der Waals surface area contributed by atoms with E-state index in [4.69, 9.17) is 4.42 Å². The van der Waals surface area contributed by atoms with Gasteiger partial charge in [0.25, 0.3) is 0 Å². The Morgan fingerprint density at radius 2 is 2.27 bits per heavy atom. The van der Waals surface area contributed by atoms with Crippen molar-refractivity contribution in [3.63, 3.8) is 0 Å². The van der Waals surface area contributed by atoms with Crippen LogP contribution in [0.5, 0.6) is 0 Å². The van der Waals surface area contributed by atoms with E-state index in [2.05, 4.69) is 15.6 Å². The molecule has 1 aliphatic heterocycles. The first kappa shape index (κ1) is 18.7. The highest BCUT2D eigenvalue weighted by molar-refractivity contribution is 5.92. The van der Waals surface area contributed by atoms with E-state index in [0.29, 0.717) is 23.8 Å². The number of amides is 1. The highest BCUT2D eigenvalue weighted by atomic mass is 35.5. The van der Waals surface area contributed by atoms with Crippen molar-refractivity contribution in [3.05, 3.63) is 24.1 Å². The van der Waals surface area contributed by atoms with Gasteiger partial charge in [0.15, 0.2) is 11.5 Å². The Hall–Kier alpha value is -1.30. The number of benzene rings is 1. The number of oxazole rings is 1. The van der Waals surface area contributed by atoms with Gasteiger partial charge in [0.1, 0.15) is 5.52 Å². The molecule has 1 saturated heterocycles. The number of aryl methyl sites for hydroxylation is 1. The molecule has 1 fully saturated rings. The summed E-state index contributed by atoms with van der Waals surface area (Å²) in [7, 11) is 0. The number of rotatable bonds is 4. The summed E-state index contributed by atoms with van der Waals surface area (Å²) < 4.78 is 5.46. The molecule has 5 nitrogen and oxygen atoms in total. The van der Waals surface area contributed by atoms with Crippen molar-refractivity contribution in [3.8, 4) is 0 Å². The zero-order chi connectivity index (χ0) is 13.9. The fourth-order valence-corrected chi connectivity index (χ4v) is 2.64. The van der Waals surface area contributed by atoms with Crippen molar-refractivity contribution in [1.82, 2.24) is 10.3 Å². The number of halogens is 2. The van der Waals surface area contributed by atoms with E-state index >= 15 is 0 Å². The molecular weight excluding hydrogens is 325 g/mol. The maximum absolute atomic E-state index is 11.9. The summed E-state index contributed by atoms with van der Waals surface area (Å²) in [5, 5.41) is 6.24. The summed E-state index contributed by atoms with van der Waals surface area (Å²) in [6, 6.07) is 5.55. The third-order valence-corrected chi connectivity index (χ3v) is 3.72. The molecular formula is C15H21Cl2N3O2. The van der Waals surface area contributed by atoms with Crippen LogP contribution >= 0.6 is 24.8 Å². The van der Waals surface area contributed by atoms with Gasteiger partial charge in [0.05, 0.1) is 0 Å². The average molecular weight is 346 g/mol. The molecule has 2 N–H and O–H groups in total. The molecule has 1 aliphatic rings. The lowest BCUT2D eigenvalue weighted by Gasteiger charge is -2.08. The quantitative estimate of drug-likeness (QED) is 0.891. The highest BCUT2D eigenvalue weighted by Gasteiger charge is 2.15. The first-order valence-electron chi connectivity index (χ1n) is 7.08. The molecule has 22 heavy (non-hydrogen) atoms. The van der Waals surface area contributed by atoms with E-state index in [1.54, 1.807) is 0 Å². The van der Waals surface area contributed by atoms with Gasteiger partial charge in [-0.25, -0.2) is 4.98 Å². The number of nitrogens with zero attached hydrogens (tertiary/aromatic N) is 1. The summed E-state index contributed by atoms with van der Waals surface area (Å²) in [4.78, 5) is 16.2. The standard InChI is InChI=1S/C15H19N3O2.2ClH/c1-10-17-13-4-3-12(8-14(13)20-10)18-15(19)5-2-11-6-7-16-9-11;;/h3-4,8,11,16H,2,5-7,9H2,1H3,(H,18,19);2*1H. The number of aromatic nitrogens is 1. The van der Waals surface area contributed by atoms with Gasteiger partial charge in [-0.05, 0) is 44.0 Å². The van der Waals surface area contributed by atoms with Crippen LogP contribution in [0.3, 0.4) is 0 Å². The topological polar surface area (TPSA) is 67.2 Å². The van der Waals surface area contributed by atoms with E-state index in [-0.39, 0.29) is 30.7 Å². The molecule has 122 valence electrons. The molecule has 1 aromatic carbocycles. The molecule has 2 aromatic rings. The molecule has 7 heteroatoms. The molecule has 1 amide bonds. The molecule has 2 heterocycles. The Labute approximate surface area is 142 Å². The van der Waals surface area contributed by atoms with Crippen LogP contribution < -0.4 is 10.6 Å². The molecule has 0 spiro atoms. The number of nitrogens with one attached hydrogen (secondary N) is 2. The van der Waals surface area contributed by atoms with Gasteiger partial charge in [0, 0.05) is 25.1 Å². The maximum atomic E-state index is 11.9. The van der Waals surface area contributed by atoms with Crippen LogP contribution in [0.2, 0.25) is 0 Å². The predicted molar refractivity (Wildman–Crippen MR) is 92.1 cm³/mol. The summed E-state index contributed by atoms with van der Waals surface area (Å²) >= 11 is 0. The van der Waals surface area contributed by atoms with Crippen LogP contribution in [0.1, 0.15) is 25.2 Å². The van der Waals surface area contributed by atoms with Crippen molar-refractivity contribution in [2.24, 2.45) is 5.92 Å². The summed E-state index contributed by atoms with van der Waals surface area (Å²) in [6.45, 7) is 3.93. The maximum Gasteiger partial charge on any atom is 0.224 e. The third kappa shape index (κ3) is 4.60. The van der Waals surface area contributed by atoms with Gasteiger partial charge in [0.2, 0.25) is 5.91 Å². The second kappa shape index (κ2) is 8.36. The summed E-state index contributed by atoms with van der Waals surface area (Å²) in [5.74, 6) is 1.34. The highest BCUT2D eigenvalue weighted by Crippen LogP contribution is 2.20. The number of carbonyl (C=O) groups excluding carboxylic acids is 1. The van der Waals surface area contributed by atoms with Crippen LogP contribution in [0, 0.1) is 12.8 Å². The van der Waals surface area contributed by atoms with Gasteiger partial charge in [-0.1, -0.05) is 0 Å². The normalized spacial score (nSPS) is 16.9. The van der Waals surface area contributed by atoms with Crippen LogP contribution in [0.4, 0.5) is 5.69 Å². The second-order valence-electron chi connectivity index (χ2n) is 5.36.